The number of hydrogen-bond acceptors (Lipinski definition) is 3. The third kappa shape index (κ3) is 2.94. The molecule has 0 aliphatic carbocycles. The second kappa shape index (κ2) is 5.69. The van der Waals surface area contributed by atoms with E-state index in [-0.39, 0.29) is 11.6 Å². The summed E-state index contributed by atoms with van der Waals surface area (Å²) in [6.45, 7) is 3.05. The van der Waals surface area contributed by atoms with Crippen molar-refractivity contribution in [3.63, 3.8) is 0 Å². The normalized spacial score (nSPS) is 18.3. The smallest absolute Gasteiger partial charge is 0.238 e. The summed E-state index contributed by atoms with van der Waals surface area (Å²) in [6.07, 6.45) is 1.98. The average molecular weight is 284 g/mol. The molecular formula is C13H17FN2O2S. The van der Waals surface area contributed by atoms with E-state index in [9.17, 15) is 13.4 Å². The van der Waals surface area contributed by atoms with E-state index in [0.29, 0.717) is 4.90 Å². The Kier molecular flexibility index (Phi) is 4.19. The molecule has 0 bridgehead atoms. The third-order valence-electron chi connectivity index (χ3n) is 3.29. The minimum absolute atomic E-state index is 0.0132. The van der Waals surface area contributed by atoms with Gasteiger partial charge < -0.3 is 10.6 Å². The van der Waals surface area contributed by atoms with Crippen LogP contribution in [-0.2, 0) is 15.6 Å². The fourth-order valence-electron chi connectivity index (χ4n) is 2.12. The molecule has 0 spiro atoms. The number of anilines is 1. The number of hydrogen-bond donors (Lipinski definition) is 1. The summed E-state index contributed by atoms with van der Waals surface area (Å²) in [7, 11) is -1.56. The number of halogens is 1. The van der Waals surface area contributed by atoms with Gasteiger partial charge in [-0.1, -0.05) is 0 Å². The Hall–Kier alpha value is -1.43. The van der Waals surface area contributed by atoms with E-state index in [1.54, 1.807) is 11.8 Å². The van der Waals surface area contributed by atoms with E-state index in [4.69, 9.17) is 5.73 Å². The molecule has 0 radical (unpaired) electrons. The van der Waals surface area contributed by atoms with Gasteiger partial charge in [0.05, 0.1) is 16.5 Å². The van der Waals surface area contributed by atoms with Crippen LogP contribution in [0.3, 0.4) is 0 Å². The Bertz CT molecular complexity index is 515. The number of amides is 1. The van der Waals surface area contributed by atoms with Gasteiger partial charge in [0.25, 0.3) is 0 Å². The lowest BCUT2D eigenvalue weighted by Gasteiger charge is -2.20. The van der Waals surface area contributed by atoms with Crippen molar-refractivity contribution in [2.45, 2.75) is 29.9 Å². The molecule has 1 aromatic carbocycles. The molecule has 1 fully saturated rings. The summed E-state index contributed by atoms with van der Waals surface area (Å²) in [5, 5.41) is -0.666. The number of nitrogens with two attached hydrogens (primary N) is 1. The van der Waals surface area contributed by atoms with Crippen LogP contribution in [0.15, 0.2) is 23.1 Å². The summed E-state index contributed by atoms with van der Waals surface area (Å²) in [6, 6.07) is 4.01. The Balaban J connectivity index is 2.13. The minimum Gasteiger partial charge on any atom is -0.396 e. The van der Waals surface area contributed by atoms with Crippen molar-refractivity contribution < 1.29 is 13.4 Å². The summed E-state index contributed by atoms with van der Waals surface area (Å²) in [5.41, 5.74) is 5.39. The van der Waals surface area contributed by atoms with E-state index in [1.165, 1.54) is 12.1 Å². The molecule has 1 aromatic rings. The largest absolute Gasteiger partial charge is 0.396 e. The predicted octanol–water partition coefficient (Wildman–Crippen LogP) is 1.53. The van der Waals surface area contributed by atoms with Gasteiger partial charge in [0.15, 0.2) is 0 Å². The maximum absolute atomic E-state index is 13.4. The average Bonchev–Trinajstić information content (AvgIpc) is 2.93. The summed E-state index contributed by atoms with van der Waals surface area (Å²) >= 11 is 0. The molecule has 1 saturated heterocycles. The quantitative estimate of drug-likeness (QED) is 0.856. The number of rotatable bonds is 3. The Labute approximate surface area is 114 Å². The molecule has 1 aliphatic rings. The third-order valence-corrected chi connectivity index (χ3v) is 4.85. The monoisotopic (exact) mass is 284 g/mol. The zero-order valence-electron chi connectivity index (χ0n) is 10.8. The van der Waals surface area contributed by atoms with Crippen molar-refractivity contribution in [3.8, 4) is 0 Å². The van der Waals surface area contributed by atoms with Crippen LogP contribution in [0.25, 0.3) is 0 Å². The Morgan fingerprint density at radius 3 is 2.63 bits per heavy atom. The molecule has 4 nitrogen and oxygen atoms in total. The van der Waals surface area contributed by atoms with Crippen LogP contribution in [0.5, 0.6) is 0 Å². The number of carbonyl (C=O) groups is 1. The maximum Gasteiger partial charge on any atom is 0.238 e. The molecule has 2 unspecified atom stereocenters. The van der Waals surface area contributed by atoms with Crippen molar-refractivity contribution in [1.82, 2.24) is 4.90 Å². The van der Waals surface area contributed by atoms with Crippen LogP contribution in [0.1, 0.15) is 19.8 Å². The molecule has 1 aliphatic heterocycles. The lowest BCUT2D eigenvalue weighted by atomic mass is 10.3. The molecule has 2 atom stereocenters. The van der Waals surface area contributed by atoms with Gasteiger partial charge >= 0.3 is 0 Å². The van der Waals surface area contributed by atoms with E-state index >= 15 is 0 Å². The number of benzene rings is 1. The van der Waals surface area contributed by atoms with E-state index in [2.05, 4.69) is 0 Å². The van der Waals surface area contributed by atoms with Gasteiger partial charge in [0.2, 0.25) is 5.91 Å². The molecule has 2 rings (SSSR count). The van der Waals surface area contributed by atoms with E-state index < -0.39 is 21.9 Å². The van der Waals surface area contributed by atoms with Crippen LogP contribution in [0, 0.1) is 5.82 Å². The van der Waals surface area contributed by atoms with Gasteiger partial charge in [-0.2, -0.15) is 0 Å². The standard InChI is InChI=1S/C13H17FN2O2S/c1-9(13(17)16-6-2-3-7-16)19(18)10-4-5-12(15)11(14)8-10/h4-5,8-9H,2-3,6-7,15H2,1H3. The molecule has 1 heterocycles. The van der Waals surface area contributed by atoms with Crippen molar-refractivity contribution in [2.24, 2.45) is 0 Å². The number of carbonyl (C=O) groups excluding carboxylic acids is 1. The van der Waals surface area contributed by atoms with Crippen LogP contribution < -0.4 is 5.73 Å². The van der Waals surface area contributed by atoms with Gasteiger partial charge in [-0.3, -0.25) is 9.00 Å². The molecule has 1 amide bonds. The molecule has 6 heteroatoms. The second-order valence-electron chi connectivity index (χ2n) is 4.66. The zero-order valence-corrected chi connectivity index (χ0v) is 11.6. The van der Waals surface area contributed by atoms with Gasteiger partial charge in [-0.25, -0.2) is 4.39 Å². The first kappa shape index (κ1) is 14.0. The number of likely N-dealkylation sites (tertiary alicyclic amines) is 1. The van der Waals surface area contributed by atoms with Crippen molar-refractivity contribution in [1.29, 1.82) is 0 Å². The van der Waals surface area contributed by atoms with Crippen LogP contribution >= 0.6 is 0 Å². The topological polar surface area (TPSA) is 63.4 Å². The highest BCUT2D eigenvalue weighted by atomic mass is 32.2. The van der Waals surface area contributed by atoms with Crippen molar-refractivity contribution >= 4 is 22.4 Å². The number of nitrogen functional groups attached to an aromatic ring is 1. The Morgan fingerprint density at radius 2 is 2.05 bits per heavy atom. The van der Waals surface area contributed by atoms with Gasteiger partial charge in [-0.15, -0.1) is 0 Å². The molecule has 2 N–H and O–H groups in total. The SMILES string of the molecule is CC(C(=O)N1CCCC1)S(=O)c1ccc(N)c(F)c1. The summed E-state index contributed by atoms with van der Waals surface area (Å²) in [4.78, 5) is 14.1. The van der Waals surface area contributed by atoms with Crippen LogP contribution in [0.2, 0.25) is 0 Å². The number of nitrogens with zero attached hydrogens (tertiary/aromatic N) is 1. The molecule has 19 heavy (non-hydrogen) atoms. The summed E-state index contributed by atoms with van der Waals surface area (Å²) in [5.74, 6) is -0.736. The molecule has 0 aromatic heterocycles. The fourth-order valence-corrected chi connectivity index (χ4v) is 3.29. The van der Waals surface area contributed by atoms with E-state index in [1.807, 2.05) is 0 Å². The van der Waals surface area contributed by atoms with E-state index in [0.717, 1.165) is 32.0 Å². The first-order valence-electron chi connectivity index (χ1n) is 6.25. The molecule has 0 saturated carbocycles. The first-order valence-corrected chi connectivity index (χ1v) is 7.46. The lowest BCUT2D eigenvalue weighted by molar-refractivity contribution is -0.129. The van der Waals surface area contributed by atoms with Gasteiger partial charge in [0, 0.05) is 18.0 Å². The van der Waals surface area contributed by atoms with Crippen LogP contribution in [0.4, 0.5) is 10.1 Å². The highest BCUT2D eigenvalue weighted by Gasteiger charge is 2.28. The Morgan fingerprint density at radius 1 is 1.42 bits per heavy atom. The zero-order chi connectivity index (χ0) is 14.0. The van der Waals surface area contributed by atoms with Crippen molar-refractivity contribution in [2.75, 3.05) is 18.8 Å². The van der Waals surface area contributed by atoms with Crippen LogP contribution in [-0.4, -0.2) is 33.4 Å². The molecule has 104 valence electrons. The predicted molar refractivity (Wildman–Crippen MR) is 72.5 cm³/mol. The van der Waals surface area contributed by atoms with Gasteiger partial charge in [-0.05, 0) is 38.0 Å². The highest BCUT2D eigenvalue weighted by molar-refractivity contribution is 7.86. The second-order valence-corrected chi connectivity index (χ2v) is 6.43. The summed E-state index contributed by atoms with van der Waals surface area (Å²) < 4.78 is 25.6. The lowest BCUT2D eigenvalue weighted by Crippen LogP contribution is -2.37. The van der Waals surface area contributed by atoms with Crippen molar-refractivity contribution in [3.05, 3.63) is 24.0 Å². The van der Waals surface area contributed by atoms with Gasteiger partial charge in [0.1, 0.15) is 11.1 Å². The first-order chi connectivity index (χ1) is 9.00. The maximum atomic E-state index is 13.4. The minimum atomic E-state index is -1.56. The molecular weight excluding hydrogens is 267 g/mol. The fraction of sp³-hybridized carbons (Fsp3) is 0.462. The highest BCUT2D eigenvalue weighted by Crippen LogP contribution is 2.19.